The van der Waals surface area contributed by atoms with Crippen LogP contribution in [0.4, 0.5) is 5.13 Å². The zero-order valence-corrected chi connectivity index (χ0v) is 11.0. The van der Waals surface area contributed by atoms with E-state index < -0.39 is 0 Å². The second kappa shape index (κ2) is 5.14. The minimum Gasteiger partial charge on any atom is -0.300 e. The van der Waals surface area contributed by atoms with Crippen molar-refractivity contribution in [3.63, 3.8) is 0 Å². The first-order valence-electron chi connectivity index (χ1n) is 5.46. The Bertz CT molecular complexity index is 374. The van der Waals surface area contributed by atoms with Crippen molar-refractivity contribution < 1.29 is 4.79 Å². The molecule has 1 fully saturated rings. The van der Waals surface area contributed by atoms with Crippen LogP contribution in [0.3, 0.4) is 0 Å². The van der Waals surface area contributed by atoms with Crippen molar-refractivity contribution in [3.05, 3.63) is 0 Å². The fraction of sp³-hybridized carbons (Fsp3) is 0.700. The zero-order chi connectivity index (χ0) is 11.5. The molecule has 1 heterocycles. The second-order valence-electron chi connectivity index (χ2n) is 4.16. The van der Waals surface area contributed by atoms with Crippen molar-refractivity contribution in [1.29, 1.82) is 0 Å². The monoisotopic (exact) mass is 257 g/mol. The first kappa shape index (κ1) is 11.9. The molecule has 2 rings (SSSR count). The van der Waals surface area contributed by atoms with Crippen LogP contribution in [0.25, 0.3) is 0 Å². The van der Waals surface area contributed by atoms with Crippen molar-refractivity contribution >= 4 is 34.1 Å². The van der Waals surface area contributed by atoms with Crippen molar-refractivity contribution in [2.75, 3.05) is 5.32 Å². The van der Waals surface area contributed by atoms with Crippen LogP contribution in [0.5, 0.6) is 0 Å². The van der Waals surface area contributed by atoms with E-state index in [1.807, 2.05) is 0 Å². The maximum Gasteiger partial charge on any atom is 0.229 e. The summed E-state index contributed by atoms with van der Waals surface area (Å²) in [6.45, 7) is 4.22. The van der Waals surface area contributed by atoms with Crippen LogP contribution >= 0.6 is 23.1 Å². The maximum atomic E-state index is 11.6. The molecular formula is C10H15N3OS2. The molecule has 1 amide bonds. The number of hydrogen-bond acceptors (Lipinski definition) is 5. The minimum absolute atomic E-state index is 0.100. The molecule has 1 aromatic heterocycles. The number of amides is 1. The number of anilines is 1. The highest BCUT2D eigenvalue weighted by Gasteiger charge is 2.25. The normalized spacial score (nSPS) is 16.2. The third-order valence-electron chi connectivity index (χ3n) is 2.45. The Morgan fingerprint density at radius 2 is 2.25 bits per heavy atom. The molecule has 0 aliphatic heterocycles. The van der Waals surface area contributed by atoms with Crippen LogP contribution in [0.1, 0.15) is 33.1 Å². The molecule has 16 heavy (non-hydrogen) atoms. The number of nitrogens with one attached hydrogen (secondary N) is 1. The average Bonchev–Trinajstić information content (AvgIpc) is 2.47. The molecule has 0 unspecified atom stereocenters. The van der Waals surface area contributed by atoms with Crippen LogP contribution in [0, 0.1) is 5.92 Å². The second-order valence-corrected chi connectivity index (χ2v) is 6.96. The highest BCUT2D eigenvalue weighted by atomic mass is 32.2. The summed E-state index contributed by atoms with van der Waals surface area (Å²) in [7, 11) is 0. The third-order valence-corrected chi connectivity index (χ3v) is 4.38. The number of rotatable bonds is 4. The molecule has 1 N–H and O–H groups in total. The van der Waals surface area contributed by atoms with Crippen molar-refractivity contribution in [2.24, 2.45) is 5.92 Å². The van der Waals surface area contributed by atoms with Crippen molar-refractivity contribution in [2.45, 2.75) is 42.7 Å². The molecule has 1 aliphatic carbocycles. The van der Waals surface area contributed by atoms with E-state index >= 15 is 0 Å². The topological polar surface area (TPSA) is 54.9 Å². The summed E-state index contributed by atoms with van der Waals surface area (Å²) in [5.41, 5.74) is 0. The van der Waals surface area contributed by atoms with E-state index in [4.69, 9.17) is 0 Å². The lowest BCUT2D eigenvalue weighted by Crippen LogP contribution is -2.27. The number of thioether (sulfide) groups is 1. The summed E-state index contributed by atoms with van der Waals surface area (Å²) in [4.78, 5) is 11.6. The van der Waals surface area contributed by atoms with Crippen LogP contribution in [0.15, 0.2) is 4.34 Å². The van der Waals surface area contributed by atoms with Gasteiger partial charge in [0.15, 0.2) is 4.34 Å². The molecule has 1 saturated carbocycles. The summed E-state index contributed by atoms with van der Waals surface area (Å²) in [6.07, 6.45) is 3.19. The third kappa shape index (κ3) is 2.95. The van der Waals surface area contributed by atoms with Gasteiger partial charge in [-0.15, -0.1) is 10.2 Å². The molecule has 0 atom stereocenters. The van der Waals surface area contributed by atoms with E-state index in [2.05, 4.69) is 29.4 Å². The van der Waals surface area contributed by atoms with Gasteiger partial charge in [-0.25, -0.2) is 0 Å². The molecule has 4 nitrogen and oxygen atoms in total. The van der Waals surface area contributed by atoms with Crippen LogP contribution in [0.2, 0.25) is 0 Å². The van der Waals surface area contributed by atoms with Gasteiger partial charge in [0.1, 0.15) is 0 Å². The number of carbonyl (C=O) groups excluding carboxylic acids is 1. The predicted molar refractivity (Wildman–Crippen MR) is 66.9 cm³/mol. The molecule has 0 saturated heterocycles. The van der Waals surface area contributed by atoms with E-state index in [0.29, 0.717) is 10.4 Å². The van der Waals surface area contributed by atoms with Gasteiger partial charge in [-0.2, -0.15) is 0 Å². The fourth-order valence-corrected chi connectivity index (χ4v) is 3.37. The van der Waals surface area contributed by atoms with Gasteiger partial charge >= 0.3 is 0 Å². The SMILES string of the molecule is CC(C)Sc1nnc(NC(=O)C2CCC2)s1. The summed E-state index contributed by atoms with van der Waals surface area (Å²) in [5, 5.41) is 11.9. The highest BCUT2D eigenvalue weighted by molar-refractivity contribution is 8.01. The van der Waals surface area contributed by atoms with Gasteiger partial charge < -0.3 is 5.32 Å². The summed E-state index contributed by atoms with van der Waals surface area (Å²) in [6, 6.07) is 0. The Kier molecular flexibility index (Phi) is 3.81. The van der Waals surface area contributed by atoms with Crippen LogP contribution < -0.4 is 5.32 Å². The van der Waals surface area contributed by atoms with E-state index in [1.165, 1.54) is 17.8 Å². The minimum atomic E-state index is 0.100. The molecule has 1 aromatic rings. The lowest BCUT2D eigenvalue weighted by atomic mass is 9.85. The van der Waals surface area contributed by atoms with E-state index in [0.717, 1.165) is 17.2 Å². The highest BCUT2D eigenvalue weighted by Crippen LogP contribution is 2.31. The number of hydrogen-bond donors (Lipinski definition) is 1. The van der Waals surface area contributed by atoms with Crippen LogP contribution in [-0.4, -0.2) is 21.4 Å². The van der Waals surface area contributed by atoms with Gasteiger partial charge in [0.2, 0.25) is 11.0 Å². The van der Waals surface area contributed by atoms with Crippen molar-refractivity contribution in [1.82, 2.24) is 10.2 Å². The van der Waals surface area contributed by atoms with Gasteiger partial charge in [0.05, 0.1) is 0 Å². The Labute approximate surface area is 103 Å². The molecule has 1 aliphatic rings. The van der Waals surface area contributed by atoms with E-state index in [9.17, 15) is 4.79 Å². The number of aromatic nitrogens is 2. The zero-order valence-electron chi connectivity index (χ0n) is 9.40. The van der Waals surface area contributed by atoms with Gasteiger partial charge in [0.25, 0.3) is 0 Å². The number of nitrogens with zero attached hydrogens (tertiary/aromatic N) is 2. The largest absolute Gasteiger partial charge is 0.300 e. The molecule has 6 heteroatoms. The van der Waals surface area contributed by atoms with Gasteiger partial charge in [-0.3, -0.25) is 4.79 Å². The smallest absolute Gasteiger partial charge is 0.229 e. The predicted octanol–water partition coefficient (Wildman–Crippen LogP) is 2.78. The first-order chi connectivity index (χ1) is 7.65. The molecule has 0 radical (unpaired) electrons. The molecular weight excluding hydrogens is 242 g/mol. The maximum absolute atomic E-state index is 11.6. The van der Waals surface area contributed by atoms with E-state index in [-0.39, 0.29) is 11.8 Å². The fourth-order valence-electron chi connectivity index (χ4n) is 1.39. The first-order valence-corrected chi connectivity index (χ1v) is 7.16. The average molecular weight is 257 g/mol. The number of carbonyl (C=O) groups is 1. The van der Waals surface area contributed by atoms with Crippen molar-refractivity contribution in [3.8, 4) is 0 Å². The van der Waals surface area contributed by atoms with E-state index in [1.54, 1.807) is 11.8 Å². The Balaban J connectivity index is 1.89. The molecule has 0 bridgehead atoms. The molecule has 0 spiro atoms. The Morgan fingerprint density at radius 3 is 2.81 bits per heavy atom. The summed E-state index contributed by atoms with van der Waals surface area (Å²) in [5.74, 6) is 0.300. The van der Waals surface area contributed by atoms with Gasteiger partial charge in [-0.05, 0) is 12.8 Å². The van der Waals surface area contributed by atoms with Crippen LogP contribution in [-0.2, 0) is 4.79 Å². The summed E-state index contributed by atoms with van der Waals surface area (Å²) >= 11 is 3.12. The van der Waals surface area contributed by atoms with Gasteiger partial charge in [-0.1, -0.05) is 43.4 Å². The lowest BCUT2D eigenvalue weighted by molar-refractivity contribution is -0.122. The summed E-state index contributed by atoms with van der Waals surface area (Å²) < 4.78 is 0.916. The Hall–Kier alpha value is -0.620. The molecule has 88 valence electrons. The van der Waals surface area contributed by atoms with Gasteiger partial charge in [0, 0.05) is 11.2 Å². The Morgan fingerprint density at radius 1 is 1.50 bits per heavy atom. The quantitative estimate of drug-likeness (QED) is 0.665. The standard InChI is InChI=1S/C10H15N3OS2/c1-6(2)15-10-13-12-9(16-10)11-8(14)7-4-3-5-7/h6-7H,3-5H2,1-2H3,(H,11,12,14). The lowest BCUT2D eigenvalue weighted by Gasteiger charge is -2.23. The molecule has 0 aromatic carbocycles.